The SMILES string of the molecule is Cc1ccc2cc(C3=C/C(=C\c4ccc(OCc5ccccc5Cl)cc4)C(=O)O3)ccc2c1. The zero-order valence-electron chi connectivity index (χ0n) is 18.0. The van der Waals surface area contributed by atoms with Crippen molar-refractivity contribution in [1.82, 2.24) is 0 Å². The molecule has 3 nitrogen and oxygen atoms in total. The van der Waals surface area contributed by atoms with E-state index in [2.05, 4.69) is 31.2 Å². The molecule has 0 saturated carbocycles. The van der Waals surface area contributed by atoms with Gasteiger partial charge in [-0.05, 0) is 59.7 Å². The Morgan fingerprint density at radius 1 is 0.909 bits per heavy atom. The Hall–Kier alpha value is -3.82. The quantitative estimate of drug-likeness (QED) is 0.234. The van der Waals surface area contributed by atoms with Gasteiger partial charge in [-0.25, -0.2) is 4.79 Å². The van der Waals surface area contributed by atoms with Crippen molar-refractivity contribution in [2.24, 2.45) is 0 Å². The maximum Gasteiger partial charge on any atom is 0.343 e. The number of halogens is 1. The first kappa shape index (κ1) is 21.0. The van der Waals surface area contributed by atoms with Gasteiger partial charge in [0.1, 0.15) is 18.1 Å². The lowest BCUT2D eigenvalue weighted by Gasteiger charge is -2.08. The van der Waals surface area contributed by atoms with Crippen molar-refractivity contribution < 1.29 is 14.3 Å². The minimum Gasteiger partial charge on any atom is -0.489 e. The van der Waals surface area contributed by atoms with Gasteiger partial charge >= 0.3 is 5.97 Å². The predicted molar refractivity (Wildman–Crippen MR) is 133 cm³/mol. The van der Waals surface area contributed by atoms with Crippen LogP contribution in [-0.4, -0.2) is 5.97 Å². The maximum atomic E-state index is 12.4. The second-order valence-electron chi connectivity index (χ2n) is 8.01. The average Bonchev–Trinajstić information content (AvgIpc) is 3.19. The molecule has 0 radical (unpaired) electrons. The first-order valence-electron chi connectivity index (χ1n) is 10.7. The summed E-state index contributed by atoms with van der Waals surface area (Å²) in [4.78, 5) is 12.4. The molecular weight excluding hydrogens is 432 g/mol. The van der Waals surface area contributed by atoms with Crippen molar-refractivity contribution in [3.63, 3.8) is 0 Å². The van der Waals surface area contributed by atoms with Gasteiger partial charge in [-0.15, -0.1) is 0 Å². The highest BCUT2D eigenvalue weighted by Crippen LogP contribution is 2.30. The number of carbonyl (C=O) groups is 1. The molecule has 1 heterocycles. The Balaban J connectivity index is 1.32. The number of aryl methyl sites for hydroxylation is 1. The van der Waals surface area contributed by atoms with Gasteiger partial charge in [0, 0.05) is 16.1 Å². The van der Waals surface area contributed by atoms with E-state index >= 15 is 0 Å². The third-order valence-corrected chi connectivity index (χ3v) is 5.93. The second-order valence-corrected chi connectivity index (χ2v) is 8.42. The molecule has 0 bridgehead atoms. The van der Waals surface area contributed by atoms with E-state index in [-0.39, 0.29) is 5.97 Å². The van der Waals surface area contributed by atoms with E-state index in [0.717, 1.165) is 33.2 Å². The monoisotopic (exact) mass is 452 g/mol. The summed E-state index contributed by atoms with van der Waals surface area (Å²) in [6.07, 6.45) is 3.61. The Morgan fingerprint density at radius 2 is 1.67 bits per heavy atom. The maximum absolute atomic E-state index is 12.4. The number of cyclic esters (lactones) is 1. The van der Waals surface area contributed by atoms with Gasteiger partial charge in [-0.1, -0.05) is 77.8 Å². The molecule has 4 aromatic carbocycles. The molecule has 1 aliphatic rings. The summed E-state index contributed by atoms with van der Waals surface area (Å²) >= 11 is 6.18. The standard InChI is InChI=1S/C29H21ClO3/c1-19-6-9-22-16-23(11-10-21(22)14-19)28-17-25(29(31)33-28)15-20-7-12-26(13-8-20)32-18-24-4-2-3-5-27(24)30/h2-17H,18H2,1H3/b25-15+. The first-order chi connectivity index (χ1) is 16.0. The highest BCUT2D eigenvalue weighted by molar-refractivity contribution is 6.31. The molecule has 0 amide bonds. The summed E-state index contributed by atoms with van der Waals surface area (Å²) in [6, 6.07) is 27.5. The Morgan fingerprint density at radius 3 is 2.48 bits per heavy atom. The fraction of sp³-hybridized carbons (Fsp3) is 0.0690. The average molecular weight is 453 g/mol. The van der Waals surface area contributed by atoms with Gasteiger partial charge in [0.15, 0.2) is 0 Å². The molecule has 0 aliphatic carbocycles. The molecule has 0 saturated heterocycles. The molecule has 0 spiro atoms. The fourth-order valence-corrected chi connectivity index (χ4v) is 3.96. The van der Waals surface area contributed by atoms with Crippen molar-refractivity contribution in [3.05, 3.63) is 124 Å². The van der Waals surface area contributed by atoms with E-state index in [9.17, 15) is 4.79 Å². The summed E-state index contributed by atoms with van der Waals surface area (Å²) in [5.41, 5.74) is 4.43. The summed E-state index contributed by atoms with van der Waals surface area (Å²) in [5.74, 6) is 0.940. The minimum atomic E-state index is -0.354. The zero-order valence-corrected chi connectivity index (χ0v) is 18.8. The van der Waals surface area contributed by atoms with Crippen LogP contribution in [0.1, 0.15) is 22.3 Å². The molecular formula is C29H21ClO3. The van der Waals surface area contributed by atoms with Gasteiger partial charge in [0.25, 0.3) is 0 Å². The van der Waals surface area contributed by atoms with Crippen molar-refractivity contribution in [2.45, 2.75) is 13.5 Å². The molecule has 4 heteroatoms. The number of benzene rings is 4. The summed E-state index contributed by atoms with van der Waals surface area (Å²) < 4.78 is 11.4. The van der Waals surface area contributed by atoms with E-state index in [1.165, 1.54) is 5.56 Å². The molecule has 0 fully saturated rings. The van der Waals surface area contributed by atoms with Crippen LogP contribution in [0.2, 0.25) is 5.02 Å². The zero-order chi connectivity index (χ0) is 22.8. The van der Waals surface area contributed by atoms with Crippen molar-refractivity contribution in [3.8, 4) is 5.75 Å². The van der Waals surface area contributed by atoms with Gasteiger partial charge in [-0.3, -0.25) is 0 Å². The smallest absolute Gasteiger partial charge is 0.343 e. The van der Waals surface area contributed by atoms with Crippen LogP contribution >= 0.6 is 11.6 Å². The Kier molecular flexibility index (Phi) is 5.72. The normalized spacial score (nSPS) is 14.4. The fourth-order valence-electron chi connectivity index (χ4n) is 3.77. The van der Waals surface area contributed by atoms with Crippen molar-refractivity contribution in [2.75, 3.05) is 0 Å². The number of rotatable bonds is 5. The molecule has 0 atom stereocenters. The number of ether oxygens (including phenoxy) is 2. The van der Waals surface area contributed by atoms with Crippen molar-refractivity contribution >= 4 is 40.2 Å². The predicted octanol–water partition coefficient (Wildman–Crippen LogP) is 7.36. The van der Waals surface area contributed by atoms with Crippen molar-refractivity contribution in [1.29, 1.82) is 0 Å². The van der Waals surface area contributed by atoms with Crippen LogP contribution in [0.5, 0.6) is 5.75 Å². The van der Waals surface area contributed by atoms with Gasteiger partial charge in [0.2, 0.25) is 0 Å². The van der Waals surface area contributed by atoms with E-state index in [4.69, 9.17) is 21.1 Å². The minimum absolute atomic E-state index is 0.354. The highest BCUT2D eigenvalue weighted by Gasteiger charge is 2.22. The van der Waals surface area contributed by atoms with Gasteiger partial charge in [-0.2, -0.15) is 0 Å². The van der Waals surface area contributed by atoms with Crippen LogP contribution in [0.3, 0.4) is 0 Å². The van der Waals surface area contributed by atoms with Gasteiger partial charge in [0.05, 0.1) is 5.57 Å². The number of esters is 1. The molecule has 1 aliphatic heterocycles. The van der Waals surface area contributed by atoms with Crippen LogP contribution in [0.25, 0.3) is 22.6 Å². The molecule has 0 N–H and O–H groups in total. The third kappa shape index (κ3) is 4.69. The lowest BCUT2D eigenvalue weighted by Crippen LogP contribution is -1.97. The van der Waals surface area contributed by atoms with Gasteiger partial charge < -0.3 is 9.47 Å². The molecule has 0 aromatic heterocycles. The largest absolute Gasteiger partial charge is 0.489 e. The highest BCUT2D eigenvalue weighted by atomic mass is 35.5. The van der Waals surface area contributed by atoms with E-state index in [1.807, 2.05) is 66.7 Å². The summed E-state index contributed by atoms with van der Waals surface area (Å²) in [5, 5.41) is 2.96. The van der Waals surface area contributed by atoms with Crippen LogP contribution in [0.4, 0.5) is 0 Å². The number of carbonyl (C=O) groups excluding carboxylic acids is 1. The van der Waals surface area contributed by atoms with Crippen LogP contribution in [0, 0.1) is 6.92 Å². The number of hydrogen-bond donors (Lipinski definition) is 0. The van der Waals surface area contributed by atoms with Crippen LogP contribution < -0.4 is 4.74 Å². The number of hydrogen-bond acceptors (Lipinski definition) is 3. The van der Waals surface area contributed by atoms with E-state index < -0.39 is 0 Å². The van der Waals surface area contributed by atoms with E-state index in [1.54, 1.807) is 6.08 Å². The summed E-state index contributed by atoms with van der Waals surface area (Å²) in [6.45, 7) is 2.47. The topological polar surface area (TPSA) is 35.5 Å². The van der Waals surface area contributed by atoms with E-state index in [0.29, 0.717) is 23.0 Å². The Labute approximate surface area is 197 Å². The lowest BCUT2D eigenvalue weighted by atomic mass is 10.0. The summed E-state index contributed by atoms with van der Waals surface area (Å²) in [7, 11) is 0. The first-order valence-corrected chi connectivity index (χ1v) is 11.1. The Bertz CT molecular complexity index is 1410. The van der Waals surface area contributed by atoms with Crippen LogP contribution in [-0.2, 0) is 16.1 Å². The lowest BCUT2D eigenvalue weighted by molar-refractivity contribution is -0.130. The third-order valence-electron chi connectivity index (χ3n) is 5.56. The molecule has 4 aromatic rings. The van der Waals surface area contributed by atoms with Crippen LogP contribution in [0.15, 0.2) is 96.6 Å². The second kappa shape index (κ2) is 8.97. The molecule has 5 rings (SSSR count). The molecule has 33 heavy (non-hydrogen) atoms. The molecule has 0 unspecified atom stereocenters. The number of fused-ring (bicyclic) bond motifs is 1. The molecule has 162 valence electrons.